The molecule has 0 saturated heterocycles. The van der Waals surface area contributed by atoms with Crippen molar-refractivity contribution < 1.29 is 6.11 Å². The second-order valence-corrected chi connectivity index (χ2v) is 5.34. The normalized spacial score (nSPS) is 30.9. The highest BCUT2D eigenvalue weighted by Crippen LogP contribution is 2.66. The van der Waals surface area contributed by atoms with E-state index in [1.165, 1.54) is 22.3 Å². The third kappa shape index (κ3) is 1.58. The Kier molecular flexibility index (Phi) is 2.26. The van der Waals surface area contributed by atoms with Crippen molar-refractivity contribution in [3.63, 3.8) is 0 Å². The molecule has 3 atom stereocenters. The molecule has 0 aliphatic heterocycles. The molecule has 1 saturated carbocycles. The quantitative estimate of drug-likeness (QED) is 0.794. The SMILES string of the molecule is [2H]C1(COCC)[C@@H]2c3ccccc3-c3ccccc3[C@@H]21. The van der Waals surface area contributed by atoms with Gasteiger partial charge in [-0.2, -0.15) is 0 Å². The van der Waals surface area contributed by atoms with E-state index in [9.17, 15) is 0 Å². The summed E-state index contributed by atoms with van der Waals surface area (Å²) in [6.07, 6.45) is 0. The van der Waals surface area contributed by atoms with Crippen molar-refractivity contribution >= 4 is 0 Å². The average molecular weight is 251 g/mol. The van der Waals surface area contributed by atoms with E-state index in [4.69, 9.17) is 6.11 Å². The molecule has 0 heterocycles. The fourth-order valence-corrected chi connectivity index (χ4v) is 3.50. The van der Waals surface area contributed by atoms with Crippen LogP contribution in [-0.4, -0.2) is 13.2 Å². The minimum atomic E-state index is -0.487. The van der Waals surface area contributed by atoms with Crippen LogP contribution in [0.15, 0.2) is 48.5 Å². The van der Waals surface area contributed by atoms with Crippen LogP contribution >= 0.6 is 0 Å². The molecule has 2 aromatic rings. The Labute approximate surface area is 115 Å². The predicted molar refractivity (Wildman–Crippen MR) is 77.3 cm³/mol. The molecule has 0 radical (unpaired) electrons. The maximum absolute atomic E-state index is 8.84. The number of hydrogen-bond acceptors (Lipinski definition) is 1. The fourth-order valence-electron chi connectivity index (χ4n) is 3.50. The van der Waals surface area contributed by atoms with Gasteiger partial charge in [-0.25, -0.2) is 0 Å². The van der Waals surface area contributed by atoms with Crippen molar-refractivity contribution in [2.24, 2.45) is 5.89 Å². The summed E-state index contributed by atoms with van der Waals surface area (Å²) in [5, 5.41) is 0. The van der Waals surface area contributed by atoms with Gasteiger partial charge in [0.05, 0.1) is 6.61 Å². The second-order valence-electron chi connectivity index (χ2n) is 5.34. The van der Waals surface area contributed by atoms with Crippen molar-refractivity contribution in [2.75, 3.05) is 13.2 Å². The zero-order chi connectivity index (χ0) is 13.7. The van der Waals surface area contributed by atoms with E-state index in [1.807, 2.05) is 6.92 Å². The monoisotopic (exact) mass is 251 g/mol. The first kappa shape index (κ1) is 10.2. The van der Waals surface area contributed by atoms with Gasteiger partial charge in [0.2, 0.25) is 0 Å². The molecule has 4 rings (SSSR count). The van der Waals surface area contributed by atoms with Crippen LogP contribution in [0.2, 0.25) is 0 Å². The highest BCUT2D eigenvalue weighted by Gasteiger charge is 2.55. The Bertz CT molecular complexity index is 612. The second kappa shape index (κ2) is 4.21. The molecule has 0 amide bonds. The summed E-state index contributed by atoms with van der Waals surface area (Å²) < 4.78 is 14.4. The molecule has 0 aromatic heterocycles. The van der Waals surface area contributed by atoms with Gasteiger partial charge in [-0.3, -0.25) is 0 Å². The van der Waals surface area contributed by atoms with E-state index in [-0.39, 0.29) is 0 Å². The number of rotatable bonds is 3. The van der Waals surface area contributed by atoms with Crippen LogP contribution in [0.25, 0.3) is 11.1 Å². The Morgan fingerprint density at radius 3 is 2.00 bits per heavy atom. The Morgan fingerprint density at radius 2 is 1.47 bits per heavy atom. The summed E-state index contributed by atoms with van der Waals surface area (Å²) in [5.41, 5.74) is 5.25. The maximum Gasteiger partial charge on any atom is 0.0506 e. The third-order valence-electron chi connectivity index (χ3n) is 4.38. The van der Waals surface area contributed by atoms with E-state index in [2.05, 4.69) is 48.5 Å². The van der Waals surface area contributed by atoms with Gasteiger partial charge in [-0.15, -0.1) is 0 Å². The van der Waals surface area contributed by atoms with Gasteiger partial charge in [0.15, 0.2) is 0 Å². The van der Waals surface area contributed by atoms with Gasteiger partial charge in [-0.05, 0) is 46.9 Å². The smallest absolute Gasteiger partial charge is 0.0506 e. The lowest BCUT2D eigenvalue weighted by Crippen LogP contribution is -1.98. The third-order valence-corrected chi connectivity index (χ3v) is 4.38. The van der Waals surface area contributed by atoms with Crippen LogP contribution in [0.5, 0.6) is 0 Å². The lowest BCUT2D eigenvalue weighted by Gasteiger charge is -2.18. The van der Waals surface area contributed by atoms with Crippen LogP contribution in [0.4, 0.5) is 0 Å². The zero-order valence-corrected chi connectivity index (χ0v) is 11.1. The molecule has 2 aliphatic carbocycles. The molecule has 2 aliphatic rings. The summed E-state index contributed by atoms with van der Waals surface area (Å²) in [7, 11) is 0. The molecule has 1 heteroatoms. The molecule has 1 fully saturated rings. The summed E-state index contributed by atoms with van der Waals surface area (Å²) in [5.74, 6) is 0.0962. The van der Waals surface area contributed by atoms with Crippen LogP contribution in [0, 0.1) is 5.89 Å². The van der Waals surface area contributed by atoms with E-state index >= 15 is 0 Å². The first-order chi connectivity index (χ1) is 9.77. The maximum atomic E-state index is 8.84. The fraction of sp³-hybridized carbons (Fsp3) is 0.333. The molecule has 19 heavy (non-hydrogen) atoms. The summed E-state index contributed by atoms with van der Waals surface area (Å²) in [4.78, 5) is 0. The summed E-state index contributed by atoms with van der Waals surface area (Å²) in [6.45, 7) is 3.21. The molecule has 1 unspecified atom stereocenters. The highest BCUT2D eigenvalue weighted by molar-refractivity contribution is 5.77. The Balaban J connectivity index is 1.87. The van der Waals surface area contributed by atoms with Crippen LogP contribution in [-0.2, 0) is 4.74 Å². The molecular weight excluding hydrogens is 232 g/mol. The van der Waals surface area contributed by atoms with E-state index in [1.54, 1.807) is 0 Å². The van der Waals surface area contributed by atoms with Crippen molar-refractivity contribution in [3.8, 4) is 11.1 Å². The summed E-state index contributed by atoms with van der Waals surface area (Å²) in [6, 6.07) is 17.1. The largest absolute Gasteiger partial charge is 0.381 e. The van der Waals surface area contributed by atoms with Gasteiger partial charge in [-0.1, -0.05) is 48.5 Å². The van der Waals surface area contributed by atoms with Crippen molar-refractivity contribution in [2.45, 2.75) is 18.8 Å². The minimum absolute atomic E-state index is 0.292. The van der Waals surface area contributed by atoms with Crippen LogP contribution < -0.4 is 0 Å². The Hall–Kier alpha value is -1.60. The van der Waals surface area contributed by atoms with Gasteiger partial charge >= 0.3 is 0 Å². The van der Waals surface area contributed by atoms with Gasteiger partial charge in [0.25, 0.3) is 0 Å². The summed E-state index contributed by atoms with van der Waals surface area (Å²) >= 11 is 0. The van der Waals surface area contributed by atoms with Gasteiger partial charge < -0.3 is 4.74 Å². The lowest BCUT2D eigenvalue weighted by molar-refractivity contribution is 0.134. The van der Waals surface area contributed by atoms with Crippen LogP contribution in [0.1, 0.15) is 31.3 Å². The highest BCUT2D eigenvalue weighted by atomic mass is 16.5. The van der Waals surface area contributed by atoms with E-state index in [0.29, 0.717) is 25.0 Å². The minimum Gasteiger partial charge on any atom is -0.381 e. The Morgan fingerprint density at radius 1 is 0.947 bits per heavy atom. The van der Waals surface area contributed by atoms with Crippen LogP contribution in [0.3, 0.4) is 0 Å². The zero-order valence-electron chi connectivity index (χ0n) is 12.1. The van der Waals surface area contributed by atoms with Crippen molar-refractivity contribution in [1.29, 1.82) is 0 Å². The molecule has 1 nitrogen and oxygen atoms in total. The van der Waals surface area contributed by atoms with Crippen molar-refractivity contribution in [3.05, 3.63) is 59.7 Å². The predicted octanol–water partition coefficient (Wildman–Crippen LogP) is 4.20. The topological polar surface area (TPSA) is 9.23 Å². The molecule has 2 aromatic carbocycles. The first-order valence-electron chi connectivity index (χ1n) is 7.53. The molecule has 96 valence electrons. The van der Waals surface area contributed by atoms with E-state index in [0.717, 1.165) is 0 Å². The molecule has 0 bridgehead atoms. The number of benzene rings is 2. The van der Waals surface area contributed by atoms with Gasteiger partial charge in [0.1, 0.15) is 0 Å². The lowest BCUT2D eigenvalue weighted by atomic mass is 9.86. The molecular formula is C18H18O. The first-order valence-corrected chi connectivity index (χ1v) is 7.03. The van der Waals surface area contributed by atoms with Gasteiger partial charge in [0, 0.05) is 7.98 Å². The standard InChI is InChI=1S/C18H18O/c1-2-19-11-16-17-14-9-5-3-7-12(14)13-8-4-6-10-15(13)18(16)17/h3-10,16-18H,2,11H2,1H3/t16?,17-,18+/i16D. The molecule has 0 spiro atoms. The van der Waals surface area contributed by atoms with Crippen molar-refractivity contribution in [1.82, 2.24) is 0 Å². The molecule has 0 N–H and O–H groups in total. The number of ether oxygens (including phenoxy) is 1. The average Bonchev–Trinajstić information content (AvgIpc) is 3.13. The van der Waals surface area contributed by atoms with E-state index < -0.39 is 5.89 Å². The number of fused-ring (bicyclic) bond motifs is 6. The number of hydrogen-bond donors (Lipinski definition) is 0.